The number of aromatic nitrogens is 1. The fourth-order valence-electron chi connectivity index (χ4n) is 5.11. The third-order valence-electron chi connectivity index (χ3n) is 6.36. The van der Waals surface area contributed by atoms with Crippen molar-refractivity contribution >= 4 is 16.6 Å². The summed E-state index contributed by atoms with van der Waals surface area (Å²) in [5.74, 6) is 0.653. The molecule has 1 aromatic heterocycles. The van der Waals surface area contributed by atoms with Crippen LogP contribution in [-0.2, 0) is 22.9 Å². The van der Waals surface area contributed by atoms with Gasteiger partial charge in [-0.25, -0.2) is 9.78 Å². The molecule has 1 saturated carbocycles. The molecule has 146 valence electrons. The van der Waals surface area contributed by atoms with Gasteiger partial charge in [0.1, 0.15) is 6.61 Å². The number of nitrogens with zero attached hydrogens (tertiary/aromatic N) is 1. The standard InChI is InChI=1S/C24H28N2O2/c1-27-28-16-17-11-12-20-22(15-17)26-14-13-25-21-10-6-5-9-19(21)24(26)23(20)18-7-3-2-4-8-18/h5-6,9-12,15,18,25H,2-4,7-8,13-14,16H2,1H3. The van der Waals surface area contributed by atoms with Crippen molar-refractivity contribution in [1.82, 2.24) is 4.57 Å². The van der Waals surface area contributed by atoms with E-state index in [0.29, 0.717) is 12.5 Å². The molecule has 4 heteroatoms. The molecule has 1 fully saturated rings. The van der Waals surface area contributed by atoms with Crippen LogP contribution in [0.5, 0.6) is 0 Å². The number of rotatable bonds is 4. The first-order valence-electron chi connectivity index (χ1n) is 10.5. The van der Waals surface area contributed by atoms with Crippen molar-refractivity contribution in [2.75, 3.05) is 19.0 Å². The predicted molar refractivity (Wildman–Crippen MR) is 113 cm³/mol. The first-order valence-corrected chi connectivity index (χ1v) is 10.5. The SMILES string of the molecule is COOCc1ccc2c(C3CCCCC3)c3n(c2c1)CCNc1ccccc1-3. The maximum Gasteiger partial charge on any atom is 0.107 e. The van der Waals surface area contributed by atoms with E-state index in [1.54, 1.807) is 12.7 Å². The van der Waals surface area contributed by atoms with Crippen LogP contribution < -0.4 is 5.32 Å². The molecule has 1 aliphatic heterocycles. The number of nitrogens with one attached hydrogen (secondary N) is 1. The number of benzene rings is 2. The predicted octanol–water partition coefficient (Wildman–Crippen LogP) is 5.86. The Morgan fingerprint density at radius 2 is 1.93 bits per heavy atom. The summed E-state index contributed by atoms with van der Waals surface area (Å²) in [6.07, 6.45) is 6.67. The van der Waals surface area contributed by atoms with Crippen LogP contribution in [0.2, 0.25) is 0 Å². The second kappa shape index (κ2) is 7.61. The van der Waals surface area contributed by atoms with Crippen molar-refractivity contribution in [2.45, 2.75) is 51.2 Å². The number of hydrogen-bond donors (Lipinski definition) is 1. The minimum Gasteiger partial charge on any atom is -0.383 e. The van der Waals surface area contributed by atoms with Gasteiger partial charge in [-0.15, -0.1) is 0 Å². The van der Waals surface area contributed by atoms with Gasteiger partial charge in [-0.1, -0.05) is 49.6 Å². The zero-order valence-electron chi connectivity index (χ0n) is 16.5. The van der Waals surface area contributed by atoms with Crippen LogP contribution in [0.15, 0.2) is 42.5 Å². The van der Waals surface area contributed by atoms with Crippen LogP contribution in [0.4, 0.5) is 5.69 Å². The molecule has 3 aromatic rings. The Morgan fingerprint density at radius 3 is 2.79 bits per heavy atom. The summed E-state index contributed by atoms with van der Waals surface area (Å²) < 4.78 is 2.54. The van der Waals surface area contributed by atoms with Gasteiger partial charge >= 0.3 is 0 Å². The van der Waals surface area contributed by atoms with E-state index in [1.807, 2.05) is 0 Å². The van der Waals surface area contributed by atoms with E-state index in [1.165, 1.54) is 60.0 Å². The first kappa shape index (κ1) is 17.8. The molecule has 0 bridgehead atoms. The van der Waals surface area contributed by atoms with Crippen molar-refractivity contribution in [2.24, 2.45) is 0 Å². The Balaban J connectivity index is 1.75. The average Bonchev–Trinajstić information content (AvgIpc) is 2.94. The molecular formula is C24H28N2O2. The van der Waals surface area contributed by atoms with Crippen LogP contribution in [0.3, 0.4) is 0 Å². The number of fused-ring (bicyclic) bond motifs is 5. The van der Waals surface area contributed by atoms with Crippen molar-refractivity contribution in [1.29, 1.82) is 0 Å². The zero-order valence-corrected chi connectivity index (χ0v) is 16.5. The maximum absolute atomic E-state index is 5.19. The molecule has 0 amide bonds. The molecular weight excluding hydrogens is 348 g/mol. The lowest BCUT2D eigenvalue weighted by atomic mass is 9.81. The van der Waals surface area contributed by atoms with E-state index in [9.17, 15) is 0 Å². The molecule has 0 saturated heterocycles. The number of para-hydroxylation sites is 1. The lowest BCUT2D eigenvalue weighted by Gasteiger charge is -2.23. The lowest BCUT2D eigenvalue weighted by molar-refractivity contribution is -0.282. The second-order valence-electron chi connectivity index (χ2n) is 8.00. The van der Waals surface area contributed by atoms with E-state index in [2.05, 4.69) is 52.3 Å². The van der Waals surface area contributed by atoms with E-state index in [4.69, 9.17) is 9.78 Å². The molecule has 0 atom stereocenters. The van der Waals surface area contributed by atoms with E-state index >= 15 is 0 Å². The molecule has 1 N–H and O–H groups in total. The molecule has 0 spiro atoms. The monoisotopic (exact) mass is 376 g/mol. The van der Waals surface area contributed by atoms with Gasteiger partial charge < -0.3 is 9.88 Å². The van der Waals surface area contributed by atoms with Crippen LogP contribution in [0.25, 0.3) is 22.2 Å². The maximum atomic E-state index is 5.19. The molecule has 5 rings (SSSR count). The lowest BCUT2D eigenvalue weighted by Crippen LogP contribution is -2.08. The van der Waals surface area contributed by atoms with Gasteiger partial charge in [-0.05, 0) is 42.0 Å². The summed E-state index contributed by atoms with van der Waals surface area (Å²) >= 11 is 0. The van der Waals surface area contributed by atoms with Gasteiger partial charge in [-0.2, -0.15) is 0 Å². The topological polar surface area (TPSA) is 35.4 Å². The third kappa shape index (κ3) is 3.01. The van der Waals surface area contributed by atoms with Crippen LogP contribution in [0, 0.1) is 0 Å². The van der Waals surface area contributed by atoms with Gasteiger partial charge in [0.25, 0.3) is 0 Å². The Hall–Kier alpha value is -2.30. The van der Waals surface area contributed by atoms with Gasteiger partial charge in [-0.3, -0.25) is 0 Å². The van der Waals surface area contributed by atoms with Gasteiger partial charge in [0.05, 0.1) is 12.8 Å². The molecule has 28 heavy (non-hydrogen) atoms. The van der Waals surface area contributed by atoms with Gasteiger partial charge in [0.15, 0.2) is 0 Å². The molecule has 0 unspecified atom stereocenters. The largest absolute Gasteiger partial charge is 0.383 e. The highest BCUT2D eigenvalue weighted by atomic mass is 17.2. The summed E-state index contributed by atoms with van der Waals surface area (Å²) in [7, 11) is 1.56. The van der Waals surface area contributed by atoms with Crippen LogP contribution in [0.1, 0.15) is 49.1 Å². The Kier molecular flexibility index (Phi) is 4.83. The summed E-state index contributed by atoms with van der Waals surface area (Å²) in [5, 5.41) is 5.05. The smallest absolute Gasteiger partial charge is 0.107 e. The highest BCUT2D eigenvalue weighted by Gasteiger charge is 2.28. The normalized spacial score (nSPS) is 17.0. The average molecular weight is 377 g/mol. The number of hydrogen-bond acceptors (Lipinski definition) is 3. The molecule has 2 aromatic carbocycles. The second-order valence-corrected chi connectivity index (χ2v) is 8.00. The number of anilines is 1. The third-order valence-corrected chi connectivity index (χ3v) is 6.36. The molecule has 1 aliphatic carbocycles. The molecule has 2 heterocycles. The van der Waals surface area contributed by atoms with Crippen LogP contribution in [-0.4, -0.2) is 18.2 Å². The van der Waals surface area contributed by atoms with Crippen LogP contribution >= 0.6 is 0 Å². The Bertz CT molecular complexity index is 986. The fourth-order valence-corrected chi connectivity index (χ4v) is 5.11. The van der Waals surface area contributed by atoms with E-state index in [-0.39, 0.29) is 0 Å². The first-order chi connectivity index (χ1) is 13.9. The van der Waals surface area contributed by atoms with Gasteiger partial charge in [0.2, 0.25) is 0 Å². The Labute approximate surface area is 166 Å². The van der Waals surface area contributed by atoms with E-state index in [0.717, 1.165) is 18.7 Å². The van der Waals surface area contributed by atoms with Crippen molar-refractivity contribution < 1.29 is 9.78 Å². The molecule has 2 aliphatic rings. The fraction of sp³-hybridized carbons (Fsp3) is 0.417. The summed E-state index contributed by atoms with van der Waals surface area (Å²) in [6, 6.07) is 15.6. The summed E-state index contributed by atoms with van der Waals surface area (Å²) in [6.45, 7) is 2.39. The highest BCUT2D eigenvalue weighted by molar-refractivity contribution is 5.95. The Morgan fingerprint density at radius 1 is 1.07 bits per heavy atom. The minimum atomic E-state index is 0.473. The quantitative estimate of drug-likeness (QED) is 0.457. The van der Waals surface area contributed by atoms with Crippen molar-refractivity contribution in [3.63, 3.8) is 0 Å². The minimum absolute atomic E-state index is 0.473. The summed E-state index contributed by atoms with van der Waals surface area (Å²) in [4.78, 5) is 10.0. The van der Waals surface area contributed by atoms with E-state index < -0.39 is 0 Å². The molecule has 0 radical (unpaired) electrons. The summed E-state index contributed by atoms with van der Waals surface area (Å²) in [5.41, 5.74) is 8.05. The van der Waals surface area contributed by atoms with Crippen molar-refractivity contribution in [3.8, 4) is 11.3 Å². The molecule has 4 nitrogen and oxygen atoms in total. The zero-order chi connectivity index (χ0) is 18.9. The van der Waals surface area contributed by atoms with Crippen molar-refractivity contribution in [3.05, 3.63) is 53.6 Å². The highest BCUT2D eigenvalue weighted by Crippen LogP contribution is 2.46. The van der Waals surface area contributed by atoms with Gasteiger partial charge in [0, 0.05) is 35.2 Å².